The van der Waals surface area contributed by atoms with E-state index in [0.29, 0.717) is 17.5 Å². The number of rotatable bonds is 8. The number of benzene rings is 8. The van der Waals surface area contributed by atoms with Crippen molar-refractivity contribution in [3.63, 3.8) is 0 Å². The van der Waals surface area contributed by atoms with Gasteiger partial charge in [-0.05, 0) is 51.4 Å². The quantitative estimate of drug-likeness (QED) is 0.154. The van der Waals surface area contributed by atoms with Crippen LogP contribution >= 0.6 is 0 Å². The van der Waals surface area contributed by atoms with Gasteiger partial charge in [-0.1, -0.05) is 206 Å². The van der Waals surface area contributed by atoms with Crippen LogP contribution < -0.4 is 0 Å². The van der Waals surface area contributed by atoms with Crippen molar-refractivity contribution in [1.82, 2.24) is 24.6 Å². The molecule has 0 aliphatic heterocycles. The van der Waals surface area contributed by atoms with Crippen LogP contribution in [0.2, 0.25) is 0 Å². The van der Waals surface area contributed by atoms with Crippen LogP contribution in [0.25, 0.3) is 106 Å². The summed E-state index contributed by atoms with van der Waals surface area (Å²) in [5.74, 6) is 1.89. The van der Waals surface area contributed by atoms with Gasteiger partial charge in [-0.15, -0.1) is 0 Å². The van der Waals surface area contributed by atoms with Gasteiger partial charge in [0.25, 0.3) is 0 Å². The van der Waals surface area contributed by atoms with Gasteiger partial charge in [0.05, 0.1) is 11.2 Å². The second-order valence-corrected chi connectivity index (χ2v) is 15.1. The van der Waals surface area contributed by atoms with Crippen LogP contribution in [0.3, 0.4) is 0 Å². The third-order valence-electron chi connectivity index (χ3n) is 11.3. The molecule has 5 nitrogen and oxygen atoms in total. The van der Waals surface area contributed by atoms with E-state index in [-0.39, 0.29) is 0 Å². The van der Waals surface area contributed by atoms with Crippen molar-refractivity contribution in [2.45, 2.75) is 0 Å². The highest BCUT2D eigenvalue weighted by Crippen LogP contribution is 2.42. The van der Waals surface area contributed by atoms with Gasteiger partial charge in [0.15, 0.2) is 17.5 Å². The van der Waals surface area contributed by atoms with Gasteiger partial charge >= 0.3 is 0 Å². The lowest BCUT2D eigenvalue weighted by atomic mass is 9.95. The summed E-state index contributed by atoms with van der Waals surface area (Å²) in [6.07, 6.45) is 0. The van der Waals surface area contributed by atoms with Gasteiger partial charge in [-0.2, -0.15) is 5.10 Å². The topological polar surface area (TPSA) is 56.0 Å². The monoisotopic (exact) mass is 779 g/mol. The molecule has 0 saturated carbocycles. The Bertz CT molecular complexity index is 3310. The van der Waals surface area contributed by atoms with Crippen molar-refractivity contribution in [2.75, 3.05) is 0 Å². The molecule has 0 radical (unpaired) electrons. The minimum Gasteiger partial charge on any atom is -0.231 e. The summed E-state index contributed by atoms with van der Waals surface area (Å²) >= 11 is 0. The Morgan fingerprint density at radius 3 is 1.34 bits per heavy atom. The highest BCUT2D eigenvalue weighted by molar-refractivity contribution is 6.09. The zero-order valence-corrected chi connectivity index (χ0v) is 33.1. The Morgan fingerprint density at radius 2 is 0.721 bits per heavy atom. The fourth-order valence-electron chi connectivity index (χ4n) is 8.25. The minimum absolute atomic E-state index is 0.623. The second kappa shape index (κ2) is 15.5. The molecule has 11 rings (SSSR count). The van der Waals surface area contributed by atoms with E-state index in [4.69, 9.17) is 20.1 Å². The molecule has 0 atom stereocenters. The maximum Gasteiger partial charge on any atom is 0.164 e. The summed E-state index contributed by atoms with van der Waals surface area (Å²) in [5.41, 5.74) is 14.7. The smallest absolute Gasteiger partial charge is 0.164 e. The van der Waals surface area contributed by atoms with E-state index in [2.05, 4.69) is 193 Å². The molecule has 0 bridgehead atoms. The average Bonchev–Trinajstić information content (AvgIpc) is 3.76. The lowest BCUT2D eigenvalue weighted by Gasteiger charge is -2.12. The summed E-state index contributed by atoms with van der Waals surface area (Å²) in [6, 6.07) is 78.2. The van der Waals surface area contributed by atoms with E-state index in [1.165, 1.54) is 0 Å². The Balaban J connectivity index is 1.03. The van der Waals surface area contributed by atoms with E-state index in [9.17, 15) is 0 Å². The van der Waals surface area contributed by atoms with Gasteiger partial charge in [0.1, 0.15) is 5.69 Å². The molecule has 286 valence electrons. The van der Waals surface area contributed by atoms with E-state index in [1.54, 1.807) is 0 Å². The maximum atomic E-state index is 5.37. The number of fused-ring (bicyclic) bond motifs is 3. The highest BCUT2D eigenvalue weighted by atomic mass is 15.2. The largest absolute Gasteiger partial charge is 0.231 e. The first-order valence-electron chi connectivity index (χ1n) is 20.5. The van der Waals surface area contributed by atoms with Crippen molar-refractivity contribution >= 4 is 16.3 Å². The van der Waals surface area contributed by atoms with Crippen molar-refractivity contribution in [3.8, 4) is 90.1 Å². The molecule has 3 aromatic heterocycles. The molecule has 0 N–H and O–H groups in total. The Morgan fingerprint density at radius 1 is 0.295 bits per heavy atom. The Kier molecular flexibility index (Phi) is 9.10. The van der Waals surface area contributed by atoms with Crippen molar-refractivity contribution in [1.29, 1.82) is 0 Å². The molecular weight excluding hydrogens is 743 g/mol. The molecule has 8 aromatic carbocycles. The number of pyridine rings is 1. The summed E-state index contributed by atoms with van der Waals surface area (Å²) < 4.78 is 2.14. The Labute approximate surface area is 354 Å². The predicted molar refractivity (Wildman–Crippen MR) is 250 cm³/mol. The first-order chi connectivity index (χ1) is 30.2. The van der Waals surface area contributed by atoms with E-state index >= 15 is 0 Å². The normalized spacial score (nSPS) is 11.3. The molecule has 0 aliphatic carbocycles. The highest BCUT2D eigenvalue weighted by Gasteiger charge is 2.22. The molecule has 0 spiro atoms. The first kappa shape index (κ1) is 35.8. The van der Waals surface area contributed by atoms with Crippen LogP contribution in [0.1, 0.15) is 0 Å². The SMILES string of the molecule is c1ccc(-c2cccc(-c3nc(-c4ccccc4)nc(-c4ccc(-c5ccc6c(c5)cc(-c5ccccc5)n5nc(-c7ccccc7)c(-c7ccccc7)c65)cc4)n3)c2)cc1. The number of nitrogens with zero attached hydrogens (tertiary/aromatic N) is 5. The molecule has 0 saturated heterocycles. The van der Waals surface area contributed by atoms with Gasteiger partial charge in [-0.25, -0.2) is 19.5 Å². The molecule has 0 fully saturated rings. The van der Waals surface area contributed by atoms with Crippen LogP contribution in [0.4, 0.5) is 0 Å². The van der Waals surface area contributed by atoms with Gasteiger partial charge in [0, 0.05) is 38.8 Å². The van der Waals surface area contributed by atoms with E-state index < -0.39 is 0 Å². The van der Waals surface area contributed by atoms with Crippen LogP contribution in [-0.2, 0) is 0 Å². The minimum atomic E-state index is 0.623. The second-order valence-electron chi connectivity index (χ2n) is 15.1. The summed E-state index contributed by atoms with van der Waals surface area (Å²) in [7, 11) is 0. The fraction of sp³-hybridized carbons (Fsp3) is 0. The van der Waals surface area contributed by atoms with E-state index in [0.717, 1.165) is 88.9 Å². The first-order valence-corrected chi connectivity index (χ1v) is 20.5. The van der Waals surface area contributed by atoms with Crippen molar-refractivity contribution < 1.29 is 0 Å². The molecule has 0 amide bonds. The number of hydrogen-bond donors (Lipinski definition) is 0. The lowest BCUT2D eigenvalue weighted by Crippen LogP contribution is -2.00. The molecule has 0 unspecified atom stereocenters. The molecule has 11 aromatic rings. The molecule has 0 aliphatic rings. The standard InChI is InChI=1S/C56H37N5/c1-6-17-38(18-7-1)45-27-16-28-47(35-45)56-58-54(43-25-14-5-15-26-43)57-55(59-56)44-31-29-39(30-32-44)46-33-34-49-48(36-46)37-50(40-19-8-2-9-20-40)61-53(49)51(41-21-10-3-11-22-41)52(60-61)42-23-12-4-13-24-42/h1-37H. The van der Waals surface area contributed by atoms with Crippen LogP contribution in [0.5, 0.6) is 0 Å². The van der Waals surface area contributed by atoms with Gasteiger partial charge in [0.2, 0.25) is 0 Å². The van der Waals surface area contributed by atoms with Crippen LogP contribution in [-0.4, -0.2) is 24.6 Å². The number of hydrogen-bond acceptors (Lipinski definition) is 4. The third kappa shape index (κ3) is 6.84. The van der Waals surface area contributed by atoms with Crippen molar-refractivity contribution in [2.24, 2.45) is 0 Å². The van der Waals surface area contributed by atoms with Gasteiger partial charge in [-0.3, -0.25) is 0 Å². The molecule has 61 heavy (non-hydrogen) atoms. The predicted octanol–water partition coefficient (Wildman–Crippen LogP) is 14.0. The zero-order chi connectivity index (χ0) is 40.5. The molecule has 3 heterocycles. The molecule has 5 heteroatoms. The fourth-order valence-corrected chi connectivity index (χ4v) is 8.25. The molecular formula is C56H37N5. The van der Waals surface area contributed by atoms with Gasteiger partial charge < -0.3 is 0 Å². The third-order valence-corrected chi connectivity index (χ3v) is 11.3. The zero-order valence-electron chi connectivity index (χ0n) is 33.1. The van der Waals surface area contributed by atoms with Crippen molar-refractivity contribution in [3.05, 3.63) is 224 Å². The van der Waals surface area contributed by atoms with Crippen LogP contribution in [0.15, 0.2) is 224 Å². The summed E-state index contributed by atoms with van der Waals surface area (Å²) in [6.45, 7) is 0. The summed E-state index contributed by atoms with van der Waals surface area (Å²) in [5, 5.41) is 7.65. The number of aromatic nitrogens is 5. The lowest BCUT2D eigenvalue weighted by molar-refractivity contribution is 0.979. The Hall–Kier alpha value is -8.28. The maximum absolute atomic E-state index is 5.37. The summed E-state index contributed by atoms with van der Waals surface area (Å²) in [4.78, 5) is 15.1. The van der Waals surface area contributed by atoms with Crippen LogP contribution in [0, 0.1) is 0 Å². The van der Waals surface area contributed by atoms with E-state index in [1.807, 2.05) is 36.4 Å². The average molecular weight is 780 g/mol.